The lowest BCUT2D eigenvalue weighted by atomic mass is 9.78. The summed E-state index contributed by atoms with van der Waals surface area (Å²) in [5.41, 5.74) is 15.9. The molecule has 0 spiro atoms. The summed E-state index contributed by atoms with van der Waals surface area (Å²) in [6.45, 7) is 4.74. The highest BCUT2D eigenvalue weighted by atomic mass is 16.3. The molecule has 1 aromatic heterocycles. The second kappa shape index (κ2) is 12.9. The quantitative estimate of drug-likeness (QED) is 0.160. The molecule has 0 fully saturated rings. The average molecular weight is 753 g/mol. The molecule has 1 heteroatoms. The van der Waals surface area contributed by atoms with Crippen LogP contribution in [-0.4, -0.2) is 0 Å². The number of hydrogen-bond donors (Lipinski definition) is 0. The van der Waals surface area contributed by atoms with Crippen molar-refractivity contribution >= 4 is 54.3 Å². The molecule has 1 aliphatic carbocycles. The van der Waals surface area contributed by atoms with Gasteiger partial charge in [-0.3, -0.25) is 0 Å². The third kappa shape index (κ3) is 5.31. The molecular formula is C58H40O. The Labute approximate surface area is 343 Å². The molecule has 1 nitrogen and oxygen atoms in total. The van der Waals surface area contributed by atoms with E-state index in [9.17, 15) is 0 Å². The molecule has 1 aliphatic rings. The van der Waals surface area contributed by atoms with Crippen LogP contribution in [0.15, 0.2) is 205 Å². The molecule has 1 heterocycles. The molecule has 0 aliphatic heterocycles. The molecule has 12 rings (SSSR count). The fourth-order valence-electron chi connectivity index (χ4n) is 10.1. The molecule has 59 heavy (non-hydrogen) atoms. The summed E-state index contributed by atoms with van der Waals surface area (Å²) in [6, 6.07) is 74.1. The van der Waals surface area contributed by atoms with E-state index < -0.39 is 0 Å². The third-order valence-electron chi connectivity index (χ3n) is 13.2. The van der Waals surface area contributed by atoms with Crippen LogP contribution in [0, 0.1) is 0 Å². The molecule has 1 atom stereocenters. The Balaban J connectivity index is 0.973. The zero-order valence-electron chi connectivity index (χ0n) is 33.0. The van der Waals surface area contributed by atoms with E-state index in [-0.39, 0.29) is 11.3 Å². The minimum Gasteiger partial charge on any atom is -0.455 e. The average Bonchev–Trinajstić information content (AvgIpc) is 3.77. The predicted octanol–water partition coefficient (Wildman–Crippen LogP) is 15.9. The van der Waals surface area contributed by atoms with Gasteiger partial charge in [0.25, 0.3) is 0 Å². The summed E-state index contributed by atoms with van der Waals surface area (Å²) >= 11 is 0. The minimum absolute atomic E-state index is 0.0700. The van der Waals surface area contributed by atoms with Gasteiger partial charge in [0, 0.05) is 27.5 Å². The Morgan fingerprint density at radius 2 is 0.949 bits per heavy atom. The van der Waals surface area contributed by atoms with Gasteiger partial charge in [-0.05, 0) is 112 Å². The van der Waals surface area contributed by atoms with Crippen molar-refractivity contribution in [2.45, 2.75) is 25.2 Å². The molecule has 0 saturated carbocycles. The van der Waals surface area contributed by atoms with Gasteiger partial charge in [-0.1, -0.05) is 190 Å². The Morgan fingerprint density at radius 3 is 1.76 bits per heavy atom. The van der Waals surface area contributed by atoms with Gasteiger partial charge < -0.3 is 4.42 Å². The van der Waals surface area contributed by atoms with Crippen molar-refractivity contribution in [2.75, 3.05) is 0 Å². The van der Waals surface area contributed by atoms with E-state index in [1.165, 1.54) is 88.1 Å². The van der Waals surface area contributed by atoms with Crippen molar-refractivity contribution in [1.82, 2.24) is 0 Å². The van der Waals surface area contributed by atoms with Gasteiger partial charge in [0.05, 0.1) is 0 Å². The molecule has 10 aromatic carbocycles. The van der Waals surface area contributed by atoms with Gasteiger partial charge in [-0.15, -0.1) is 0 Å². The predicted molar refractivity (Wildman–Crippen MR) is 249 cm³/mol. The van der Waals surface area contributed by atoms with Crippen molar-refractivity contribution in [2.24, 2.45) is 0 Å². The molecule has 11 aromatic rings. The lowest BCUT2D eigenvalue weighted by molar-refractivity contribution is 0.659. The maximum atomic E-state index is 6.66. The third-order valence-corrected chi connectivity index (χ3v) is 13.2. The number of benzene rings is 10. The van der Waals surface area contributed by atoms with Crippen LogP contribution in [0.1, 0.15) is 47.6 Å². The molecular weight excluding hydrogens is 713 g/mol. The zero-order valence-corrected chi connectivity index (χ0v) is 33.0. The van der Waals surface area contributed by atoms with Gasteiger partial charge >= 0.3 is 0 Å². The SMILES string of the molecule is CC1(C)c2ccccc2-c2ccc(C(c3ccc(-c4ccc5oc6c7ccccc7c(-c7ccc8ccccc8c7)cc6c5c4)cc3)c3ccc4ccccc4c3)cc21. The fourth-order valence-corrected chi connectivity index (χ4v) is 10.1. The van der Waals surface area contributed by atoms with Crippen molar-refractivity contribution in [3.05, 3.63) is 228 Å². The van der Waals surface area contributed by atoms with Gasteiger partial charge in [0.15, 0.2) is 0 Å². The monoisotopic (exact) mass is 752 g/mol. The van der Waals surface area contributed by atoms with E-state index in [0.717, 1.165) is 27.3 Å². The van der Waals surface area contributed by atoms with E-state index >= 15 is 0 Å². The lowest BCUT2D eigenvalue weighted by Crippen LogP contribution is -2.15. The molecule has 0 saturated heterocycles. The normalized spacial score (nSPS) is 13.7. The van der Waals surface area contributed by atoms with E-state index in [1.807, 2.05) is 0 Å². The number of hydrogen-bond acceptors (Lipinski definition) is 1. The van der Waals surface area contributed by atoms with Crippen LogP contribution in [-0.2, 0) is 5.41 Å². The molecule has 0 radical (unpaired) electrons. The Bertz CT molecular complexity index is 3470. The fraction of sp³-hybridized carbons (Fsp3) is 0.0690. The van der Waals surface area contributed by atoms with Crippen LogP contribution >= 0.6 is 0 Å². The lowest BCUT2D eigenvalue weighted by Gasteiger charge is -2.25. The first-order chi connectivity index (χ1) is 29.0. The molecule has 0 N–H and O–H groups in total. The van der Waals surface area contributed by atoms with E-state index in [0.29, 0.717) is 0 Å². The summed E-state index contributed by atoms with van der Waals surface area (Å²) in [5, 5.41) is 9.61. The zero-order chi connectivity index (χ0) is 39.2. The highest BCUT2D eigenvalue weighted by Crippen LogP contribution is 2.50. The van der Waals surface area contributed by atoms with Crippen molar-refractivity contribution in [3.8, 4) is 33.4 Å². The minimum atomic E-state index is -0.0713. The van der Waals surface area contributed by atoms with E-state index in [2.05, 4.69) is 214 Å². The van der Waals surface area contributed by atoms with Crippen molar-refractivity contribution < 1.29 is 4.42 Å². The van der Waals surface area contributed by atoms with Gasteiger partial charge in [-0.2, -0.15) is 0 Å². The summed E-state index contributed by atoms with van der Waals surface area (Å²) < 4.78 is 6.66. The van der Waals surface area contributed by atoms with Crippen molar-refractivity contribution in [1.29, 1.82) is 0 Å². The molecule has 0 amide bonds. The Kier molecular flexibility index (Phi) is 7.40. The molecule has 0 bridgehead atoms. The van der Waals surface area contributed by atoms with Crippen LogP contribution in [0.4, 0.5) is 0 Å². The second-order valence-corrected chi connectivity index (χ2v) is 16.9. The Morgan fingerprint density at radius 1 is 0.356 bits per heavy atom. The molecule has 1 unspecified atom stereocenters. The first kappa shape index (κ1) is 33.9. The highest BCUT2D eigenvalue weighted by Gasteiger charge is 2.36. The number of furan rings is 1. The van der Waals surface area contributed by atoms with E-state index in [1.54, 1.807) is 0 Å². The highest BCUT2D eigenvalue weighted by molar-refractivity contribution is 6.19. The topological polar surface area (TPSA) is 13.1 Å². The van der Waals surface area contributed by atoms with E-state index in [4.69, 9.17) is 4.42 Å². The largest absolute Gasteiger partial charge is 0.455 e. The summed E-state index contributed by atoms with van der Waals surface area (Å²) in [4.78, 5) is 0. The maximum Gasteiger partial charge on any atom is 0.143 e. The summed E-state index contributed by atoms with van der Waals surface area (Å²) in [5.74, 6) is 0.0700. The van der Waals surface area contributed by atoms with Crippen LogP contribution in [0.3, 0.4) is 0 Å². The smallest absolute Gasteiger partial charge is 0.143 e. The second-order valence-electron chi connectivity index (χ2n) is 16.9. The van der Waals surface area contributed by atoms with Gasteiger partial charge in [-0.25, -0.2) is 0 Å². The Hall–Kier alpha value is -7.22. The first-order valence-corrected chi connectivity index (χ1v) is 20.7. The van der Waals surface area contributed by atoms with Crippen LogP contribution < -0.4 is 0 Å². The van der Waals surface area contributed by atoms with Crippen molar-refractivity contribution in [3.63, 3.8) is 0 Å². The summed E-state index contributed by atoms with van der Waals surface area (Å²) in [6.07, 6.45) is 0. The molecule has 278 valence electrons. The first-order valence-electron chi connectivity index (χ1n) is 20.7. The van der Waals surface area contributed by atoms with Crippen LogP contribution in [0.5, 0.6) is 0 Å². The van der Waals surface area contributed by atoms with Crippen LogP contribution in [0.2, 0.25) is 0 Å². The number of fused-ring (bicyclic) bond motifs is 10. The van der Waals surface area contributed by atoms with Crippen LogP contribution in [0.25, 0.3) is 87.6 Å². The van der Waals surface area contributed by atoms with Gasteiger partial charge in [0.1, 0.15) is 11.2 Å². The number of rotatable bonds is 5. The maximum absolute atomic E-state index is 6.66. The standard InChI is InChI=1S/C58H40O/c1-58(2)53-18-10-9-16-47(53)48-29-27-45(34-54(48)58)56(44-26-22-37-12-4-6-14-41(37)32-44)39-23-19-38(20-24-39)42-28-30-55-51(33-42)52-35-50(46-15-7-8-17-49(46)57(52)59-55)43-25-21-36-11-3-5-13-40(36)31-43/h3-35,56H,1-2H3. The summed E-state index contributed by atoms with van der Waals surface area (Å²) in [7, 11) is 0. The van der Waals surface area contributed by atoms with Gasteiger partial charge in [0.2, 0.25) is 0 Å².